The van der Waals surface area contributed by atoms with Crippen LogP contribution in [0.3, 0.4) is 0 Å². The molecule has 0 aliphatic carbocycles. The maximum atomic E-state index is 12.7. The largest absolute Gasteiger partial charge is 0.325 e. The van der Waals surface area contributed by atoms with E-state index in [0.717, 1.165) is 35.6 Å². The normalized spacial score (nSPS) is 18.9. The number of anilines is 1. The third-order valence-electron chi connectivity index (χ3n) is 4.88. The number of thiazole rings is 1. The van der Waals surface area contributed by atoms with E-state index >= 15 is 0 Å². The number of amides is 1. The Morgan fingerprint density at radius 3 is 2.81 bits per heavy atom. The maximum absolute atomic E-state index is 12.7. The van der Waals surface area contributed by atoms with Crippen molar-refractivity contribution in [3.8, 4) is 0 Å². The number of carbonyl (C=O) groups is 1. The fraction of sp³-hybridized carbons (Fsp3) is 0.300. The second-order valence-electron chi connectivity index (χ2n) is 6.59. The lowest BCUT2D eigenvalue weighted by Crippen LogP contribution is -2.41. The third kappa shape index (κ3) is 3.47. The number of carbonyl (C=O) groups excluding carboxylic acids is 1. The average molecular weight is 386 g/mol. The molecule has 0 saturated carbocycles. The molecule has 26 heavy (non-hydrogen) atoms. The molecule has 1 aromatic heterocycles. The Balaban J connectivity index is 1.51. The Bertz CT molecular complexity index is 891. The van der Waals surface area contributed by atoms with Crippen molar-refractivity contribution < 1.29 is 4.79 Å². The molecule has 1 saturated heterocycles. The number of nitrogens with zero attached hydrogens (tertiary/aromatic N) is 2. The summed E-state index contributed by atoms with van der Waals surface area (Å²) in [5.41, 5.74) is 1.81. The van der Waals surface area contributed by atoms with E-state index in [4.69, 9.17) is 16.6 Å². The summed E-state index contributed by atoms with van der Waals surface area (Å²) < 4.78 is 1.20. The van der Waals surface area contributed by atoms with Gasteiger partial charge in [0.15, 0.2) is 0 Å². The second kappa shape index (κ2) is 7.35. The average Bonchev–Trinajstić information content (AvgIpc) is 3.29. The molecule has 2 unspecified atom stereocenters. The van der Waals surface area contributed by atoms with Gasteiger partial charge in [0.2, 0.25) is 5.91 Å². The van der Waals surface area contributed by atoms with E-state index in [0.29, 0.717) is 5.02 Å². The van der Waals surface area contributed by atoms with Gasteiger partial charge in [0, 0.05) is 10.7 Å². The number of aromatic nitrogens is 1. The molecular formula is C20H20ClN3OS. The van der Waals surface area contributed by atoms with E-state index in [-0.39, 0.29) is 18.0 Å². The van der Waals surface area contributed by atoms with Gasteiger partial charge in [0.05, 0.1) is 22.3 Å². The smallest absolute Gasteiger partial charge is 0.241 e. The second-order valence-corrected chi connectivity index (χ2v) is 8.09. The summed E-state index contributed by atoms with van der Waals surface area (Å²) in [6.07, 6.45) is 2.12. The molecular weight excluding hydrogens is 366 g/mol. The predicted octanol–water partition coefficient (Wildman–Crippen LogP) is 5.11. The number of hydrogen-bond acceptors (Lipinski definition) is 4. The van der Waals surface area contributed by atoms with Crippen molar-refractivity contribution in [3.63, 3.8) is 0 Å². The fourth-order valence-corrected chi connectivity index (χ4v) is 4.73. The summed E-state index contributed by atoms with van der Waals surface area (Å²) in [7, 11) is 0. The predicted molar refractivity (Wildman–Crippen MR) is 108 cm³/mol. The lowest BCUT2D eigenvalue weighted by molar-refractivity contribution is -0.121. The van der Waals surface area contributed by atoms with Gasteiger partial charge in [-0.15, -0.1) is 11.3 Å². The summed E-state index contributed by atoms with van der Waals surface area (Å²) in [4.78, 5) is 19.8. The van der Waals surface area contributed by atoms with Gasteiger partial charge in [-0.3, -0.25) is 9.69 Å². The monoisotopic (exact) mass is 385 g/mol. The molecule has 6 heteroatoms. The van der Waals surface area contributed by atoms with E-state index in [9.17, 15) is 4.79 Å². The van der Waals surface area contributed by atoms with Gasteiger partial charge in [-0.2, -0.15) is 0 Å². The van der Waals surface area contributed by atoms with Crippen LogP contribution in [-0.2, 0) is 4.79 Å². The minimum absolute atomic E-state index is 0.000309. The third-order valence-corrected chi connectivity index (χ3v) is 6.27. The van der Waals surface area contributed by atoms with Crippen LogP contribution >= 0.6 is 22.9 Å². The van der Waals surface area contributed by atoms with Gasteiger partial charge in [-0.1, -0.05) is 23.7 Å². The van der Waals surface area contributed by atoms with Crippen molar-refractivity contribution in [1.29, 1.82) is 0 Å². The first-order valence-electron chi connectivity index (χ1n) is 8.79. The van der Waals surface area contributed by atoms with Crippen molar-refractivity contribution in [2.24, 2.45) is 0 Å². The quantitative estimate of drug-likeness (QED) is 0.678. The number of benzene rings is 2. The molecule has 2 heterocycles. The highest BCUT2D eigenvalue weighted by molar-refractivity contribution is 7.18. The minimum Gasteiger partial charge on any atom is -0.325 e. The summed E-state index contributed by atoms with van der Waals surface area (Å²) in [6.45, 7) is 2.88. The maximum Gasteiger partial charge on any atom is 0.241 e. The number of para-hydroxylation sites is 1. The number of hydrogen-bond donors (Lipinski definition) is 1. The molecule has 4 nitrogen and oxygen atoms in total. The van der Waals surface area contributed by atoms with Gasteiger partial charge in [-0.25, -0.2) is 4.98 Å². The molecule has 1 aliphatic rings. The molecule has 1 N–H and O–H groups in total. The molecule has 1 fully saturated rings. The van der Waals surface area contributed by atoms with Crippen LogP contribution in [0.15, 0.2) is 48.5 Å². The Morgan fingerprint density at radius 1 is 1.27 bits per heavy atom. The lowest BCUT2D eigenvalue weighted by Gasteiger charge is -2.28. The van der Waals surface area contributed by atoms with E-state index in [1.807, 2.05) is 37.3 Å². The van der Waals surface area contributed by atoms with Crippen molar-refractivity contribution in [2.45, 2.75) is 31.8 Å². The zero-order valence-electron chi connectivity index (χ0n) is 14.5. The van der Waals surface area contributed by atoms with Crippen molar-refractivity contribution >= 4 is 44.7 Å². The molecule has 2 atom stereocenters. The molecule has 4 rings (SSSR count). The fourth-order valence-electron chi connectivity index (χ4n) is 3.48. The molecule has 0 spiro atoms. The number of halogens is 1. The first kappa shape index (κ1) is 17.5. The van der Waals surface area contributed by atoms with Gasteiger partial charge in [-0.05, 0) is 62.7 Å². The summed E-state index contributed by atoms with van der Waals surface area (Å²) in [5, 5.41) is 4.75. The highest BCUT2D eigenvalue weighted by atomic mass is 35.5. The van der Waals surface area contributed by atoms with E-state index in [1.165, 1.54) is 4.70 Å². The van der Waals surface area contributed by atoms with Crippen LogP contribution in [0.5, 0.6) is 0 Å². The highest BCUT2D eigenvalue weighted by Crippen LogP contribution is 2.37. The molecule has 0 radical (unpaired) electrons. The van der Waals surface area contributed by atoms with Crippen LogP contribution in [0.4, 0.5) is 5.69 Å². The van der Waals surface area contributed by atoms with Crippen LogP contribution in [0.25, 0.3) is 10.2 Å². The minimum atomic E-state index is -0.217. The molecule has 3 aromatic rings. The van der Waals surface area contributed by atoms with Crippen LogP contribution in [0.1, 0.15) is 30.8 Å². The zero-order valence-corrected chi connectivity index (χ0v) is 16.1. The van der Waals surface area contributed by atoms with Gasteiger partial charge in [0.25, 0.3) is 0 Å². The molecule has 2 aromatic carbocycles. The van der Waals surface area contributed by atoms with Crippen molar-refractivity contribution in [2.75, 3.05) is 11.9 Å². The molecule has 0 bridgehead atoms. The van der Waals surface area contributed by atoms with E-state index < -0.39 is 0 Å². The Kier molecular flexibility index (Phi) is 4.94. The van der Waals surface area contributed by atoms with Gasteiger partial charge in [0.1, 0.15) is 5.01 Å². The van der Waals surface area contributed by atoms with Crippen molar-refractivity contribution in [1.82, 2.24) is 9.88 Å². The molecule has 134 valence electrons. The first-order chi connectivity index (χ1) is 12.6. The topological polar surface area (TPSA) is 45.2 Å². The zero-order chi connectivity index (χ0) is 18.1. The van der Waals surface area contributed by atoms with Crippen LogP contribution in [0, 0.1) is 0 Å². The number of likely N-dealkylation sites (tertiary alicyclic amines) is 1. The number of fused-ring (bicyclic) bond motifs is 1. The number of nitrogens with one attached hydrogen (secondary N) is 1. The molecule has 1 amide bonds. The summed E-state index contributed by atoms with van der Waals surface area (Å²) in [6, 6.07) is 15.4. The van der Waals surface area contributed by atoms with Crippen molar-refractivity contribution in [3.05, 3.63) is 58.6 Å². The molecule has 1 aliphatic heterocycles. The summed E-state index contributed by atoms with van der Waals surface area (Å²) >= 11 is 7.64. The van der Waals surface area contributed by atoms with Crippen LogP contribution in [0.2, 0.25) is 5.02 Å². The highest BCUT2D eigenvalue weighted by Gasteiger charge is 2.34. The standard InChI is InChI=1S/C20H20ClN3OS/c1-13(19(25)22-15-10-8-14(21)9-11-15)24-12-4-6-17(24)20-23-16-5-2-3-7-18(16)26-20/h2-3,5,7-11,13,17H,4,6,12H2,1H3,(H,22,25). The number of rotatable bonds is 4. The van der Waals surface area contributed by atoms with Gasteiger partial charge >= 0.3 is 0 Å². The SMILES string of the molecule is CC(C(=O)Nc1ccc(Cl)cc1)N1CCCC1c1nc2ccccc2s1. The Labute approximate surface area is 161 Å². The lowest BCUT2D eigenvalue weighted by atomic mass is 10.2. The Hall–Kier alpha value is -1.95. The Morgan fingerprint density at radius 2 is 2.04 bits per heavy atom. The first-order valence-corrected chi connectivity index (χ1v) is 9.99. The van der Waals surface area contributed by atoms with Gasteiger partial charge < -0.3 is 5.32 Å². The summed E-state index contributed by atoms with van der Waals surface area (Å²) in [5.74, 6) is 0.000309. The van der Waals surface area contributed by atoms with E-state index in [1.54, 1.807) is 23.5 Å². The van der Waals surface area contributed by atoms with Crippen LogP contribution in [-0.4, -0.2) is 28.4 Å². The van der Waals surface area contributed by atoms with E-state index in [2.05, 4.69) is 16.3 Å². The van der Waals surface area contributed by atoms with Crippen LogP contribution < -0.4 is 5.32 Å².